The summed E-state index contributed by atoms with van der Waals surface area (Å²) in [5, 5.41) is 3.53. The molecule has 1 heterocycles. The lowest BCUT2D eigenvalue weighted by molar-refractivity contribution is -0.158. The molecule has 0 radical (unpaired) electrons. The molecule has 2 aromatic carbocycles. The highest BCUT2D eigenvalue weighted by molar-refractivity contribution is 5.90. The first-order valence-corrected chi connectivity index (χ1v) is 8.79. The molecule has 25 heavy (non-hydrogen) atoms. The van der Waals surface area contributed by atoms with E-state index in [2.05, 4.69) is 5.32 Å². The summed E-state index contributed by atoms with van der Waals surface area (Å²) in [6, 6.07) is 19.4. The zero-order valence-electron chi connectivity index (χ0n) is 14.0. The third-order valence-corrected chi connectivity index (χ3v) is 5.37. The van der Waals surface area contributed by atoms with Gasteiger partial charge < -0.3 is 4.74 Å². The number of esters is 1. The number of rotatable bonds is 3. The van der Waals surface area contributed by atoms with E-state index >= 15 is 0 Å². The maximum absolute atomic E-state index is 12.4. The number of ketones is 1. The molecular weight excluding hydrogens is 314 g/mol. The average molecular weight is 335 g/mol. The van der Waals surface area contributed by atoms with Crippen molar-refractivity contribution in [3.05, 3.63) is 71.8 Å². The van der Waals surface area contributed by atoms with Crippen LogP contribution in [-0.4, -0.2) is 24.4 Å². The molecule has 0 aromatic heterocycles. The van der Waals surface area contributed by atoms with E-state index in [1.54, 1.807) is 0 Å². The molecule has 0 spiro atoms. The van der Waals surface area contributed by atoms with E-state index in [0.717, 1.165) is 24.0 Å². The zero-order chi connectivity index (χ0) is 17.3. The Balaban J connectivity index is 1.79. The molecule has 1 saturated heterocycles. The first-order chi connectivity index (χ1) is 12.2. The van der Waals surface area contributed by atoms with Crippen LogP contribution < -0.4 is 5.32 Å². The Morgan fingerprint density at radius 1 is 0.920 bits per heavy atom. The Kier molecular flexibility index (Phi) is 4.14. The van der Waals surface area contributed by atoms with Crippen LogP contribution in [0.15, 0.2) is 60.7 Å². The Morgan fingerprint density at radius 2 is 1.52 bits per heavy atom. The highest BCUT2D eigenvalue weighted by Gasteiger charge is 2.48. The number of carbonyl (C=O) groups excluding carboxylic acids is 2. The largest absolute Gasteiger partial charge is 0.462 e. The van der Waals surface area contributed by atoms with E-state index in [-0.39, 0.29) is 24.3 Å². The van der Waals surface area contributed by atoms with Gasteiger partial charge in [-0.25, -0.2) is 0 Å². The number of hydrogen-bond donors (Lipinski definition) is 1. The molecule has 2 fully saturated rings. The fraction of sp³-hybridized carbons (Fsp3) is 0.333. The Hall–Kier alpha value is -2.46. The fourth-order valence-corrected chi connectivity index (χ4v) is 4.04. The Morgan fingerprint density at radius 3 is 2.04 bits per heavy atom. The molecule has 2 atom stereocenters. The number of carbonyl (C=O) groups is 2. The quantitative estimate of drug-likeness (QED) is 0.877. The fourth-order valence-electron chi connectivity index (χ4n) is 4.04. The highest BCUT2D eigenvalue weighted by Crippen LogP contribution is 2.36. The topological polar surface area (TPSA) is 55.4 Å². The van der Waals surface area contributed by atoms with Crippen molar-refractivity contribution in [3.8, 4) is 0 Å². The monoisotopic (exact) mass is 335 g/mol. The van der Waals surface area contributed by atoms with Gasteiger partial charge >= 0.3 is 5.97 Å². The van der Waals surface area contributed by atoms with Crippen LogP contribution in [0.3, 0.4) is 0 Å². The van der Waals surface area contributed by atoms with Crippen LogP contribution in [0.5, 0.6) is 0 Å². The van der Waals surface area contributed by atoms with Crippen molar-refractivity contribution in [1.82, 2.24) is 5.32 Å². The summed E-state index contributed by atoms with van der Waals surface area (Å²) in [6.07, 6.45) is 2.14. The van der Waals surface area contributed by atoms with Crippen LogP contribution in [0.25, 0.3) is 0 Å². The molecule has 0 unspecified atom stereocenters. The molecule has 1 saturated carbocycles. The SMILES string of the molecule is O=C1CCC[C@H]1[C@H]1NC(c2ccccc2)(c2ccccc2)COC1=O. The predicted molar refractivity (Wildman–Crippen MR) is 93.9 cm³/mol. The van der Waals surface area contributed by atoms with Gasteiger partial charge in [0.05, 0.1) is 0 Å². The van der Waals surface area contributed by atoms with Crippen molar-refractivity contribution in [2.45, 2.75) is 30.8 Å². The number of benzene rings is 2. The lowest BCUT2D eigenvalue weighted by Crippen LogP contribution is -2.62. The maximum atomic E-state index is 12.4. The zero-order valence-corrected chi connectivity index (χ0v) is 14.0. The molecule has 4 heteroatoms. The number of nitrogens with one attached hydrogen (secondary N) is 1. The van der Waals surface area contributed by atoms with Crippen LogP contribution in [0, 0.1) is 5.92 Å². The summed E-state index contributed by atoms with van der Waals surface area (Å²) >= 11 is 0. The van der Waals surface area contributed by atoms with Crippen molar-refractivity contribution >= 4 is 11.8 Å². The minimum atomic E-state index is -0.635. The van der Waals surface area contributed by atoms with E-state index in [4.69, 9.17) is 4.74 Å². The molecule has 4 nitrogen and oxygen atoms in total. The number of Topliss-reactive ketones (excluding diaryl/α,β-unsaturated/α-hetero) is 1. The standard InChI is InChI=1S/C21H21NO3/c23-18-13-7-12-17(18)19-20(24)25-14-21(22-19,15-8-3-1-4-9-15)16-10-5-2-6-11-16/h1-6,8-11,17,19,22H,7,12-14H2/t17-,19-/m1/s1. The van der Waals surface area contributed by atoms with E-state index in [1.165, 1.54) is 0 Å². The summed E-state index contributed by atoms with van der Waals surface area (Å²) in [6.45, 7) is 0.220. The smallest absolute Gasteiger partial charge is 0.324 e. The second-order valence-corrected chi connectivity index (χ2v) is 6.83. The van der Waals surface area contributed by atoms with E-state index in [1.807, 2.05) is 60.7 Å². The van der Waals surface area contributed by atoms with Crippen LogP contribution in [0.2, 0.25) is 0 Å². The summed E-state index contributed by atoms with van der Waals surface area (Å²) in [4.78, 5) is 24.7. The van der Waals surface area contributed by atoms with Crippen molar-refractivity contribution in [2.75, 3.05) is 6.61 Å². The van der Waals surface area contributed by atoms with Gasteiger partial charge in [-0.1, -0.05) is 60.7 Å². The summed E-state index contributed by atoms with van der Waals surface area (Å²) in [7, 11) is 0. The molecule has 0 amide bonds. The number of morpholine rings is 1. The van der Waals surface area contributed by atoms with Gasteiger partial charge in [0.25, 0.3) is 0 Å². The van der Waals surface area contributed by atoms with Gasteiger partial charge in [0.15, 0.2) is 0 Å². The Bertz CT molecular complexity index is 733. The minimum Gasteiger partial charge on any atom is -0.462 e. The molecule has 2 aliphatic rings. The molecule has 1 aliphatic heterocycles. The minimum absolute atomic E-state index is 0.159. The lowest BCUT2D eigenvalue weighted by Gasteiger charge is -2.43. The Labute approximate surface area is 147 Å². The van der Waals surface area contributed by atoms with Crippen LogP contribution in [0.4, 0.5) is 0 Å². The van der Waals surface area contributed by atoms with E-state index < -0.39 is 11.6 Å². The van der Waals surface area contributed by atoms with Crippen LogP contribution in [0.1, 0.15) is 30.4 Å². The van der Waals surface area contributed by atoms with Gasteiger partial charge in [-0.2, -0.15) is 0 Å². The van der Waals surface area contributed by atoms with Gasteiger partial charge in [-0.15, -0.1) is 0 Å². The van der Waals surface area contributed by atoms with Gasteiger partial charge in [0.1, 0.15) is 24.0 Å². The molecule has 1 N–H and O–H groups in total. The van der Waals surface area contributed by atoms with Crippen LogP contribution >= 0.6 is 0 Å². The van der Waals surface area contributed by atoms with Crippen molar-refractivity contribution in [3.63, 3.8) is 0 Å². The highest BCUT2D eigenvalue weighted by atomic mass is 16.5. The van der Waals surface area contributed by atoms with Crippen molar-refractivity contribution in [1.29, 1.82) is 0 Å². The number of hydrogen-bond acceptors (Lipinski definition) is 4. The normalized spacial score (nSPS) is 25.6. The van der Waals surface area contributed by atoms with E-state index in [9.17, 15) is 9.59 Å². The lowest BCUT2D eigenvalue weighted by atomic mass is 9.80. The van der Waals surface area contributed by atoms with Crippen LogP contribution in [-0.2, 0) is 19.9 Å². The predicted octanol–water partition coefficient (Wildman–Crippen LogP) is 2.81. The summed E-state index contributed by atoms with van der Waals surface area (Å²) in [5.41, 5.74) is 1.43. The summed E-state index contributed by atoms with van der Waals surface area (Å²) in [5.74, 6) is -0.450. The number of cyclic esters (lactones) is 1. The average Bonchev–Trinajstić information content (AvgIpc) is 3.10. The molecular formula is C21H21NO3. The molecule has 128 valence electrons. The third kappa shape index (κ3) is 2.76. The second-order valence-electron chi connectivity index (χ2n) is 6.83. The second kappa shape index (κ2) is 6.45. The molecule has 1 aliphatic carbocycles. The van der Waals surface area contributed by atoms with Gasteiger partial charge in [-0.3, -0.25) is 14.9 Å². The third-order valence-electron chi connectivity index (χ3n) is 5.37. The first kappa shape index (κ1) is 16.0. The first-order valence-electron chi connectivity index (χ1n) is 8.79. The molecule has 2 aromatic rings. The maximum Gasteiger partial charge on any atom is 0.324 e. The van der Waals surface area contributed by atoms with Gasteiger partial charge in [0.2, 0.25) is 0 Å². The molecule has 0 bridgehead atoms. The van der Waals surface area contributed by atoms with Gasteiger partial charge in [0, 0.05) is 12.3 Å². The molecule has 4 rings (SSSR count). The number of ether oxygens (including phenoxy) is 1. The van der Waals surface area contributed by atoms with Crippen molar-refractivity contribution in [2.24, 2.45) is 5.92 Å². The van der Waals surface area contributed by atoms with Gasteiger partial charge in [-0.05, 0) is 24.0 Å². The summed E-state index contributed by atoms with van der Waals surface area (Å²) < 4.78 is 5.62. The van der Waals surface area contributed by atoms with Crippen molar-refractivity contribution < 1.29 is 14.3 Å². The van der Waals surface area contributed by atoms with E-state index in [0.29, 0.717) is 6.42 Å².